The summed E-state index contributed by atoms with van der Waals surface area (Å²) >= 11 is 0. The summed E-state index contributed by atoms with van der Waals surface area (Å²) in [5.74, 6) is 0.216. The number of hydrogen-bond donors (Lipinski definition) is 2. The molecule has 0 radical (unpaired) electrons. The molecule has 0 aliphatic heterocycles. The molecule has 0 spiro atoms. The molecule has 0 atom stereocenters. The monoisotopic (exact) mass is 237 g/mol. The topological polar surface area (TPSA) is 115 Å². The van der Waals surface area contributed by atoms with Crippen molar-refractivity contribution in [2.24, 2.45) is 15.9 Å². The van der Waals surface area contributed by atoms with Crippen molar-refractivity contribution in [3.63, 3.8) is 0 Å². The van der Waals surface area contributed by atoms with E-state index < -0.39 is 11.0 Å². The molecule has 0 fully saturated rings. The third-order valence-electron chi connectivity index (χ3n) is 1.71. The van der Waals surface area contributed by atoms with Crippen molar-refractivity contribution in [3.05, 3.63) is 39.9 Å². The highest BCUT2D eigenvalue weighted by molar-refractivity contribution is 5.84. The van der Waals surface area contributed by atoms with E-state index in [-0.39, 0.29) is 0 Å². The molecular weight excluding hydrogens is 226 g/mol. The van der Waals surface area contributed by atoms with Crippen LogP contribution in [-0.2, 0) is 0 Å². The van der Waals surface area contributed by atoms with Gasteiger partial charge in [0.1, 0.15) is 5.75 Å². The van der Waals surface area contributed by atoms with Gasteiger partial charge in [0.15, 0.2) is 5.03 Å². The predicted octanol–water partition coefficient (Wildman–Crippen LogP) is 0.125. The van der Waals surface area contributed by atoms with E-state index in [1.165, 1.54) is 13.3 Å². The molecule has 0 bridgehead atoms. The lowest BCUT2D eigenvalue weighted by atomic mass is 10.2. The standard InChI is InChI=1S/C9H11N5O3/c1-17-8-5-3-2-4-7(8)6-11-12-9(10)13-14(15)16/h2-6H,1H3,(H3,10,12,13)/b11-6+. The number of ether oxygens (including phenoxy) is 1. The number of nitrogens with zero attached hydrogens (tertiary/aromatic N) is 3. The number of rotatable bonds is 4. The summed E-state index contributed by atoms with van der Waals surface area (Å²) in [6.07, 6.45) is 1.38. The van der Waals surface area contributed by atoms with Crippen LogP contribution in [-0.4, -0.2) is 24.3 Å². The summed E-state index contributed by atoms with van der Waals surface area (Å²) in [5, 5.41) is 16.2. The second-order valence-electron chi connectivity index (χ2n) is 2.84. The fourth-order valence-electron chi connectivity index (χ4n) is 1.04. The number of nitrogens with two attached hydrogens (primary N) is 1. The molecule has 0 heterocycles. The van der Waals surface area contributed by atoms with E-state index in [0.29, 0.717) is 11.3 Å². The molecule has 8 heteroatoms. The number of nitro groups is 1. The van der Waals surface area contributed by atoms with Gasteiger partial charge in [-0.25, -0.2) is 10.1 Å². The van der Waals surface area contributed by atoms with E-state index in [1.807, 2.05) is 6.07 Å². The number of hydrogen-bond acceptors (Lipinski definition) is 5. The quantitative estimate of drug-likeness (QED) is 0.334. The Hall–Kier alpha value is -2.64. The maximum absolute atomic E-state index is 10.0. The fraction of sp³-hybridized carbons (Fsp3) is 0.111. The van der Waals surface area contributed by atoms with E-state index in [0.717, 1.165) is 0 Å². The minimum atomic E-state index is -0.822. The Balaban J connectivity index is 2.74. The number of hydrazine groups is 1. The number of guanidine groups is 1. The third kappa shape index (κ3) is 4.16. The van der Waals surface area contributed by atoms with Gasteiger partial charge in [0, 0.05) is 5.56 Å². The Labute approximate surface area is 96.9 Å². The highest BCUT2D eigenvalue weighted by atomic mass is 16.7. The van der Waals surface area contributed by atoms with E-state index in [2.05, 4.69) is 10.2 Å². The Morgan fingerprint density at radius 2 is 2.29 bits per heavy atom. The van der Waals surface area contributed by atoms with Crippen molar-refractivity contribution in [3.8, 4) is 5.75 Å². The first kappa shape index (κ1) is 12.4. The average Bonchev–Trinajstić information content (AvgIpc) is 2.28. The van der Waals surface area contributed by atoms with E-state index in [9.17, 15) is 10.1 Å². The van der Waals surface area contributed by atoms with Crippen LogP contribution in [0.3, 0.4) is 0 Å². The van der Waals surface area contributed by atoms with Gasteiger partial charge >= 0.3 is 0 Å². The zero-order chi connectivity index (χ0) is 12.7. The molecule has 1 rings (SSSR count). The van der Waals surface area contributed by atoms with Crippen LogP contribution in [0.5, 0.6) is 5.75 Å². The summed E-state index contributed by atoms with van der Waals surface area (Å²) in [5.41, 5.74) is 7.51. The number of para-hydroxylation sites is 1. The maximum Gasteiger partial charge on any atom is 0.275 e. The minimum Gasteiger partial charge on any atom is -0.496 e. The summed E-state index contributed by atoms with van der Waals surface area (Å²) in [6, 6.07) is 7.12. The zero-order valence-corrected chi connectivity index (χ0v) is 9.03. The lowest BCUT2D eigenvalue weighted by Gasteiger charge is -2.01. The van der Waals surface area contributed by atoms with Gasteiger partial charge in [0.2, 0.25) is 0 Å². The van der Waals surface area contributed by atoms with Gasteiger partial charge in [0.05, 0.1) is 13.3 Å². The Kier molecular flexibility index (Phi) is 4.43. The molecule has 1 aromatic carbocycles. The zero-order valence-electron chi connectivity index (χ0n) is 9.03. The minimum absolute atomic E-state index is 0.402. The molecule has 90 valence electrons. The molecule has 0 aliphatic carbocycles. The molecule has 0 aliphatic rings. The predicted molar refractivity (Wildman–Crippen MR) is 62.3 cm³/mol. The van der Waals surface area contributed by atoms with Crippen molar-refractivity contribution in [2.45, 2.75) is 0 Å². The molecular formula is C9H11N5O3. The molecule has 0 saturated carbocycles. The van der Waals surface area contributed by atoms with Crippen LogP contribution in [0, 0.1) is 10.1 Å². The summed E-state index contributed by atoms with van der Waals surface area (Å²) in [6.45, 7) is 0. The van der Waals surface area contributed by atoms with Gasteiger partial charge in [-0.1, -0.05) is 17.6 Å². The average molecular weight is 237 g/mol. The number of methoxy groups -OCH3 is 1. The van der Waals surface area contributed by atoms with Gasteiger partial charge in [-0.15, -0.1) is 5.10 Å². The van der Waals surface area contributed by atoms with Crippen molar-refractivity contribution in [1.29, 1.82) is 0 Å². The van der Waals surface area contributed by atoms with Crippen molar-refractivity contribution >= 4 is 12.2 Å². The third-order valence-corrected chi connectivity index (χ3v) is 1.71. The molecule has 0 unspecified atom stereocenters. The highest BCUT2D eigenvalue weighted by Gasteiger charge is 1.98. The molecule has 0 amide bonds. The molecule has 1 aromatic rings. The number of nitrogens with one attached hydrogen (secondary N) is 1. The number of benzene rings is 1. The van der Waals surface area contributed by atoms with Gasteiger partial charge in [-0.2, -0.15) is 5.10 Å². The normalized spacial score (nSPS) is 11.5. The first-order chi connectivity index (χ1) is 8.13. The van der Waals surface area contributed by atoms with Crippen molar-refractivity contribution in [2.75, 3.05) is 7.11 Å². The van der Waals surface area contributed by atoms with E-state index in [1.54, 1.807) is 23.6 Å². The van der Waals surface area contributed by atoms with Crippen molar-refractivity contribution in [1.82, 2.24) is 5.43 Å². The molecule has 0 aromatic heterocycles. The van der Waals surface area contributed by atoms with Crippen LogP contribution in [0.2, 0.25) is 0 Å². The smallest absolute Gasteiger partial charge is 0.275 e. The lowest BCUT2D eigenvalue weighted by Crippen LogP contribution is -2.35. The highest BCUT2D eigenvalue weighted by Crippen LogP contribution is 2.14. The van der Waals surface area contributed by atoms with E-state index >= 15 is 0 Å². The van der Waals surface area contributed by atoms with E-state index in [4.69, 9.17) is 10.5 Å². The van der Waals surface area contributed by atoms with Crippen LogP contribution in [0.25, 0.3) is 0 Å². The second-order valence-corrected chi connectivity index (χ2v) is 2.84. The molecule has 17 heavy (non-hydrogen) atoms. The summed E-state index contributed by atoms with van der Waals surface area (Å²) in [4.78, 5) is 10.0. The summed E-state index contributed by atoms with van der Waals surface area (Å²) < 4.78 is 5.07. The van der Waals surface area contributed by atoms with Crippen LogP contribution >= 0.6 is 0 Å². The maximum atomic E-state index is 10.0. The molecule has 3 N–H and O–H groups in total. The Morgan fingerprint density at radius 1 is 1.59 bits per heavy atom. The first-order valence-corrected chi connectivity index (χ1v) is 4.54. The van der Waals surface area contributed by atoms with Gasteiger partial charge in [-0.3, -0.25) is 0 Å². The lowest BCUT2D eigenvalue weighted by molar-refractivity contribution is -0.525. The first-order valence-electron chi connectivity index (χ1n) is 4.54. The van der Waals surface area contributed by atoms with Crippen LogP contribution in [0.4, 0.5) is 0 Å². The Bertz CT molecular complexity index is 458. The van der Waals surface area contributed by atoms with Gasteiger partial charge in [0.25, 0.3) is 5.96 Å². The van der Waals surface area contributed by atoms with Crippen LogP contribution in [0.1, 0.15) is 5.56 Å². The van der Waals surface area contributed by atoms with Crippen LogP contribution in [0.15, 0.2) is 34.5 Å². The second kappa shape index (κ2) is 6.05. The van der Waals surface area contributed by atoms with Gasteiger partial charge in [-0.05, 0) is 12.1 Å². The Morgan fingerprint density at radius 3 is 2.94 bits per heavy atom. The largest absolute Gasteiger partial charge is 0.496 e. The van der Waals surface area contributed by atoms with Crippen molar-refractivity contribution < 1.29 is 9.77 Å². The fourth-order valence-corrected chi connectivity index (χ4v) is 1.04. The van der Waals surface area contributed by atoms with Crippen LogP contribution < -0.4 is 15.9 Å². The van der Waals surface area contributed by atoms with Gasteiger partial charge < -0.3 is 10.5 Å². The SMILES string of the molecule is COc1ccccc1/C=N/N=C(\N)N[N+](=O)[O-]. The molecule has 0 saturated heterocycles. The molecule has 8 nitrogen and oxygen atoms in total. The summed E-state index contributed by atoms with van der Waals surface area (Å²) in [7, 11) is 1.53.